The Labute approximate surface area is 323 Å². The molecule has 1 aromatic heterocycles. The molecule has 7 aliphatic rings. The maximum atomic E-state index is 6.64. The second-order valence-corrected chi connectivity index (χ2v) is 17.3. The van der Waals surface area contributed by atoms with Crippen LogP contribution in [0, 0.1) is 0 Å². The van der Waals surface area contributed by atoms with Gasteiger partial charge in [0, 0.05) is 33.9 Å². The van der Waals surface area contributed by atoms with Gasteiger partial charge in [-0.3, -0.25) is 0 Å². The number of para-hydroxylation sites is 1. The Bertz CT molecular complexity index is 2840. The van der Waals surface area contributed by atoms with Crippen molar-refractivity contribution in [3.63, 3.8) is 0 Å². The summed E-state index contributed by atoms with van der Waals surface area (Å²) >= 11 is 0. The van der Waals surface area contributed by atoms with Gasteiger partial charge in [0.15, 0.2) is 0 Å². The Morgan fingerprint density at radius 2 is 1.55 bits per heavy atom. The van der Waals surface area contributed by atoms with Crippen LogP contribution in [0.25, 0.3) is 56.5 Å². The lowest BCUT2D eigenvalue weighted by Crippen LogP contribution is -2.34. The first kappa shape index (κ1) is 32.0. The number of fused-ring (bicyclic) bond motifs is 10. The van der Waals surface area contributed by atoms with Crippen LogP contribution in [0.1, 0.15) is 116 Å². The molecule has 270 valence electrons. The molecule has 6 aliphatic carbocycles. The van der Waals surface area contributed by atoms with Gasteiger partial charge >= 0.3 is 0 Å². The Morgan fingerprint density at radius 3 is 2.51 bits per heavy atom. The van der Waals surface area contributed by atoms with Gasteiger partial charge in [-0.2, -0.15) is 0 Å². The molecule has 1 unspecified atom stereocenters. The average Bonchev–Trinajstić information content (AvgIpc) is 3.87. The van der Waals surface area contributed by atoms with Crippen molar-refractivity contribution in [2.45, 2.75) is 96.0 Å². The van der Waals surface area contributed by atoms with Crippen LogP contribution >= 0.6 is 0 Å². The van der Waals surface area contributed by atoms with E-state index in [-0.39, 0.29) is 11.5 Å². The molecule has 0 spiro atoms. The molecule has 0 saturated heterocycles. The fraction of sp³-hybridized carbons (Fsp3) is 0.283. The second kappa shape index (κ2) is 11.8. The van der Waals surface area contributed by atoms with E-state index in [1.165, 1.54) is 93.8 Å². The molecule has 55 heavy (non-hydrogen) atoms. The smallest absolute Gasteiger partial charge is 0.135 e. The number of allylic oxidation sites excluding steroid dienone is 8. The molecule has 1 aliphatic heterocycles. The molecule has 0 saturated carbocycles. The maximum Gasteiger partial charge on any atom is 0.135 e. The standard InChI is InChI=1S/C53H46O2/c1-53(2)44-22-6-3-13-34(44)35-28-27-31(29-45(35)53)50-38-18-9-16-32(36-20-11-25-48-51(36)40-14-4-7-23-46(40)54-48)42(38)30-43-33(17-10-19-39(43)50)37-21-12-26-49-52(37)41-15-5-8-24-47(41)55-49/h4-7,12,14-16,19,21-23,26-30,48H,3,8-11,13,17-18,20,24-25H2,1-2H3. The van der Waals surface area contributed by atoms with Crippen molar-refractivity contribution in [1.29, 1.82) is 0 Å². The summed E-state index contributed by atoms with van der Waals surface area (Å²) < 4.78 is 13.2. The Balaban J connectivity index is 1.15. The summed E-state index contributed by atoms with van der Waals surface area (Å²) in [6.45, 7) is 4.88. The van der Waals surface area contributed by atoms with Crippen molar-refractivity contribution in [2.24, 2.45) is 0 Å². The molecule has 2 nitrogen and oxygen atoms in total. The molecular formula is C53H46O2. The van der Waals surface area contributed by atoms with E-state index in [2.05, 4.69) is 117 Å². The van der Waals surface area contributed by atoms with Crippen molar-refractivity contribution in [3.8, 4) is 16.9 Å². The minimum Gasteiger partial charge on any atom is -0.485 e. The first-order chi connectivity index (χ1) is 27.0. The van der Waals surface area contributed by atoms with Gasteiger partial charge in [-0.25, -0.2) is 0 Å². The number of hydrogen-bond acceptors (Lipinski definition) is 2. The predicted octanol–water partition coefficient (Wildman–Crippen LogP) is 12.0. The highest BCUT2D eigenvalue weighted by atomic mass is 16.5. The molecule has 0 bridgehead atoms. The Hall–Kier alpha value is -5.34. The lowest BCUT2D eigenvalue weighted by atomic mass is 9.74. The number of furan rings is 1. The van der Waals surface area contributed by atoms with E-state index in [1.54, 1.807) is 5.57 Å². The Morgan fingerprint density at radius 1 is 0.691 bits per heavy atom. The van der Waals surface area contributed by atoms with Gasteiger partial charge < -0.3 is 9.15 Å². The van der Waals surface area contributed by atoms with E-state index in [9.17, 15) is 0 Å². The zero-order chi connectivity index (χ0) is 36.4. The van der Waals surface area contributed by atoms with Crippen LogP contribution in [0.4, 0.5) is 0 Å². The zero-order valence-corrected chi connectivity index (χ0v) is 32.0. The van der Waals surface area contributed by atoms with Gasteiger partial charge in [-0.15, -0.1) is 0 Å². The SMILES string of the molecule is CC1(C)C2=C(CCC=C2)c2ccc(-c3c4c(cc5c3=CCCC=5c3cccc5oc6c(c35)C=CCC6)C(C3=C5c6ccccc6OC5CCC3)=CCC4)cc21. The van der Waals surface area contributed by atoms with Gasteiger partial charge in [0.1, 0.15) is 23.2 Å². The van der Waals surface area contributed by atoms with Crippen molar-refractivity contribution in [2.75, 3.05) is 0 Å². The van der Waals surface area contributed by atoms with Crippen LogP contribution in [-0.4, -0.2) is 6.10 Å². The van der Waals surface area contributed by atoms with Crippen molar-refractivity contribution in [3.05, 3.63) is 157 Å². The molecule has 2 heteroatoms. The van der Waals surface area contributed by atoms with Crippen LogP contribution in [0.2, 0.25) is 0 Å². The monoisotopic (exact) mass is 714 g/mol. The third kappa shape index (κ3) is 4.55. The highest BCUT2D eigenvalue weighted by molar-refractivity contribution is 6.00. The van der Waals surface area contributed by atoms with Crippen molar-refractivity contribution in [1.82, 2.24) is 0 Å². The minimum atomic E-state index is -0.0123. The molecule has 0 N–H and O–H groups in total. The molecular weight excluding hydrogens is 669 g/mol. The van der Waals surface area contributed by atoms with Crippen LogP contribution in [0.5, 0.6) is 5.75 Å². The van der Waals surface area contributed by atoms with Gasteiger partial charge in [0.25, 0.3) is 0 Å². The topological polar surface area (TPSA) is 22.4 Å². The molecule has 0 radical (unpaired) electrons. The molecule has 4 aromatic carbocycles. The van der Waals surface area contributed by atoms with E-state index < -0.39 is 0 Å². The van der Waals surface area contributed by atoms with Gasteiger partial charge in [0.05, 0.1) is 0 Å². The van der Waals surface area contributed by atoms with Crippen LogP contribution < -0.4 is 15.2 Å². The van der Waals surface area contributed by atoms with E-state index in [0.717, 1.165) is 87.7 Å². The summed E-state index contributed by atoms with van der Waals surface area (Å²) in [4.78, 5) is 0. The highest BCUT2D eigenvalue weighted by Gasteiger charge is 2.39. The first-order valence-corrected chi connectivity index (χ1v) is 20.9. The number of hydrogen-bond donors (Lipinski definition) is 0. The van der Waals surface area contributed by atoms with E-state index in [1.807, 2.05) is 0 Å². The van der Waals surface area contributed by atoms with Gasteiger partial charge in [0.2, 0.25) is 0 Å². The van der Waals surface area contributed by atoms with Crippen LogP contribution in [0.15, 0.2) is 107 Å². The largest absolute Gasteiger partial charge is 0.485 e. The molecule has 12 rings (SSSR count). The number of aryl methyl sites for hydroxylation is 1. The third-order valence-corrected chi connectivity index (χ3v) is 14.0. The van der Waals surface area contributed by atoms with E-state index in [0.29, 0.717) is 0 Å². The number of benzene rings is 4. The van der Waals surface area contributed by atoms with Crippen LogP contribution in [0.3, 0.4) is 0 Å². The van der Waals surface area contributed by atoms with E-state index >= 15 is 0 Å². The molecule has 0 fully saturated rings. The number of ether oxygens (including phenoxy) is 1. The van der Waals surface area contributed by atoms with Gasteiger partial charge in [-0.1, -0.05) is 92.8 Å². The summed E-state index contributed by atoms with van der Waals surface area (Å²) in [6, 6.07) is 25.6. The minimum absolute atomic E-state index is 0.0123. The normalized spacial score (nSPS) is 21.2. The average molecular weight is 715 g/mol. The third-order valence-electron chi connectivity index (χ3n) is 14.0. The fourth-order valence-electron chi connectivity index (χ4n) is 11.6. The molecule has 1 atom stereocenters. The fourth-order valence-corrected chi connectivity index (χ4v) is 11.6. The molecule has 5 aromatic rings. The van der Waals surface area contributed by atoms with Gasteiger partial charge in [-0.05, 0) is 166 Å². The number of rotatable bonds is 3. The molecule has 2 heterocycles. The first-order valence-electron chi connectivity index (χ1n) is 20.9. The van der Waals surface area contributed by atoms with E-state index in [4.69, 9.17) is 9.15 Å². The predicted molar refractivity (Wildman–Crippen MR) is 227 cm³/mol. The highest BCUT2D eigenvalue weighted by Crippen LogP contribution is 2.52. The Kier molecular flexibility index (Phi) is 6.87. The zero-order valence-electron chi connectivity index (χ0n) is 32.0. The summed E-state index contributed by atoms with van der Waals surface area (Å²) in [5.74, 6) is 2.18. The summed E-state index contributed by atoms with van der Waals surface area (Å²) in [6.07, 6.45) is 26.5. The quantitative estimate of drug-likeness (QED) is 0.186. The summed E-state index contributed by atoms with van der Waals surface area (Å²) in [5, 5.41) is 4.11. The van der Waals surface area contributed by atoms with Crippen molar-refractivity contribution < 1.29 is 9.15 Å². The summed E-state index contributed by atoms with van der Waals surface area (Å²) in [7, 11) is 0. The second-order valence-electron chi connectivity index (χ2n) is 17.3. The molecule has 0 amide bonds. The lowest BCUT2D eigenvalue weighted by Gasteiger charge is -2.30. The summed E-state index contributed by atoms with van der Waals surface area (Å²) in [5.41, 5.74) is 22.6. The van der Waals surface area contributed by atoms with Crippen molar-refractivity contribution >= 4 is 45.4 Å². The lowest BCUT2D eigenvalue weighted by molar-refractivity contribution is 0.256. The maximum absolute atomic E-state index is 6.64. The van der Waals surface area contributed by atoms with Crippen LogP contribution in [-0.2, 0) is 18.3 Å².